The Labute approximate surface area is 143 Å². The number of nitro benzene ring substituents is 1. The molecule has 2 rings (SSSR count). The number of hydrogen-bond acceptors (Lipinski definition) is 6. The molecule has 1 atom stereocenters. The molecule has 8 nitrogen and oxygen atoms in total. The number of nitrogens with zero attached hydrogens (tertiary/aromatic N) is 1. The zero-order chi connectivity index (χ0) is 18.4. The molecule has 0 unspecified atom stereocenters. The first-order valence-corrected chi connectivity index (χ1v) is 7.36. The number of aryl methyl sites for hydroxylation is 1. The van der Waals surface area contributed by atoms with Crippen LogP contribution in [0.4, 0.5) is 11.4 Å². The Bertz CT molecular complexity index is 824. The number of anilines is 1. The van der Waals surface area contributed by atoms with Crippen LogP contribution >= 0.6 is 0 Å². The van der Waals surface area contributed by atoms with E-state index >= 15 is 0 Å². The van der Waals surface area contributed by atoms with Crippen LogP contribution in [-0.2, 0) is 14.3 Å². The Hall–Kier alpha value is -3.42. The molecule has 8 heteroatoms. The van der Waals surface area contributed by atoms with Crippen molar-refractivity contribution < 1.29 is 23.7 Å². The summed E-state index contributed by atoms with van der Waals surface area (Å²) < 4.78 is 10.2. The molecule has 25 heavy (non-hydrogen) atoms. The summed E-state index contributed by atoms with van der Waals surface area (Å²) >= 11 is 0. The van der Waals surface area contributed by atoms with Crippen LogP contribution in [0.2, 0.25) is 0 Å². The Kier molecular flexibility index (Phi) is 5.67. The average Bonchev–Trinajstić information content (AvgIpc) is 2.98. The molecule has 0 aliphatic carbocycles. The van der Waals surface area contributed by atoms with Crippen molar-refractivity contribution in [1.29, 1.82) is 0 Å². The largest absolute Gasteiger partial charge is 0.462 e. The number of carbonyl (C=O) groups excluding carboxylic acids is 2. The van der Waals surface area contributed by atoms with Crippen LogP contribution in [0.3, 0.4) is 0 Å². The maximum atomic E-state index is 12.0. The molecule has 0 fully saturated rings. The minimum Gasteiger partial charge on any atom is -0.462 e. The monoisotopic (exact) mass is 344 g/mol. The maximum Gasteiger partial charge on any atom is 0.331 e. The number of amides is 1. The maximum absolute atomic E-state index is 12.0. The fourth-order valence-electron chi connectivity index (χ4n) is 1.93. The van der Waals surface area contributed by atoms with Gasteiger partial charge in [0.15, 0.2) is 6.10 Å². The molecule has 1 heterocycles. The Morgan fingerprint density at radius 1 is 1.28 bits per heavy atom. The van der Waals surface area contributed by atoms with Gasteiger partial charge in [-0.2, -0.15) is 0 Å². The number of nitro groups is 1. The molecular formula is C17H16N2O6. The van der Waals surface area contributed by atoms with Crippen molar-refractivity contribution in [1.82, 2.24) is 0 Å². The number of furan rings is 1. The van der Waals surface area contributed by atoms with Gasteiger partial charge >= 0.3 is 5.97 Å². The Morgan fingerprint density at radius 2 is 2.00 bits per heavy atom. The molecule has 1 aromatic carbocycles. The molecule has 1 amide bonds. The number of rotatable bonds is 6. The standard InChI is InChI=1S/C17H16N2O6/c1-11-7-8-13(24-11)9-10-16(20)25-12(2)17(21)18-14-5-3-4-6-15(14)19(22)23/h3-10,12H,1-2H3,(H,18,21)/b10-9+/t12-/m1/s1. The number of ether oxygens (including phenoxy) is 1. The summed E-state index contributed by atoms with van der Waals surface area (Å²) in [6.07, 6.45) is 1.42. The normalized spacial score (nSPS) is 11.9. The highest BCUT2D eigenvalue weighted by molar-refractivity contribution is 5.98. The second-order valence-corrected chi connectivity index (χ2v) is 5.12. The molecule has 0 spiro atoms. The summed E-state index contributed by atoms with van der Waals surface area (Å²) in [5.74, 6) is -0.235. The third-order valence-corrected chi connectivity index (χ3v) is 3.17. The Morgan fingerprint density at radius 3 is 2.64 bits per heavy atom. The molecule has 2 aromatic rings. The van der Waals surface area contributed by atoms with E-state index < -0.39 is 22.9 Å². The third kappa shape index (κ3) is 5.03. The molecule has 0 aliphatic heterocycles. The second-order valence-electron chi connectivity index (χ2n) is 5.12. The van der Waals surface area contributed by atoms with E-state index in [1.807, 2.05) is 0 Å². The van der Waals surface area contributed by atoms with Crippen molar-refractivity contribution in [3.05, 3.63) is 64.1 Å². The van der Waals surface area contributed by atoms with Crippen molar-refractivity contribution in [3.8, 4) is 0 Å². The van der Waals surface area contributed by atoms with Crippen LogP contribution in [0.15, 0.2) is 46.9 Å². The summed E-state index contributed by atoms with van der Waals surface area (Å²) in [4.78, 5) is 34.1. The van der Waals surface area contributed by atoms with Crippen LogP contribution in [-0.4, -0.2) is 22.9 Å². The summed E-state index contributed by atoms with van der Waals surface area (Å²) in [6.45, 7) is 3.14. The number of benzene rings is 1. The van der Waals surface area contributed by atoms with Gasteiger partial charge < -0.3 is 14.5 Å². The molecule has 0 saturated carbocycles. The van der Waals surface area contributed by atoms with Crippen LogP contribution in [0.25, 0.3) is 6.08 Å². The van der Waals surface area contributed by atoms with Crippen LogP contribution in [0, 0.1) is 17.0 Å². The van der Waals surface area contributed by atoms with E-state index in [0.717, 1.165) is 6.08 Å². The highest BCUT2D eigenvalue weighted by Gasteiger charge is 2.20. The van der Waals surface area contributed by atoms with Gasteiger partial charge in [-0.3, -0.25) is 14.9 Å². The fourth-order valence-corrected chi connectivity index (χ4v) is 1.93. The molecule has 0 saturated heterocycles. The summed E-state index contributed by atoms with van der Waals surface area (Å²) in [5, 5.41) is 13.3. The number of hydrogen-bond donors (Lipinski definition) is 1. The van der Waals surface area contributed by atoms with Crippen molar-refractivity contribution in [2.75, 3.05) is 5.32 Å². The second kappa shape index (κ2) is 7.91. The van der Waals surface area contributed by atoms with E-state index in [2.05, 4.69) is 5.32 Å². The number of carbonyl (C=O) groups is 2. The van der Waals surface area contributed by atoms with Gasteiger partial charge in [0.2, 0.25) is 0 Å². The van der Waals surface area contributed by atoms with Gasteiger partial charge in [0, 0.05) is 12.1 Å². The third-order valence-electron chi connectivity index (χ3n) is 3.17. The van der Waals surface area contributed by atoms with Crippen molar-refractivity contribution in [2.45, 2.75) is 20.0 Å². The lowest BCUT2D eigenvalue weighted by atomic mass is 10.2. The zero-order valence-corrected chi connectivity index (χ0v) is 13.6. The van der Waals surface area contributed by atoms with E-state index in [1.54, 1.807) is 25.1 Å². The van der Waals surface area contributed by atoms with Crippen LogP contribution < -0.4 is 5.32 Å². The van der Waals surface area contributed by atoms with Crippen molar-refractivity contribution in [3.63, 3.8) is 0 Å². The van der Waals surface area contributed by atoms with E-state index in [1.165, 1.54) is 31.2 Å². The number of nitrogens with one attached hydrogen (secondary N) is 1. The molecule has 0 bridgehead atoms. The lowest BCUT2D eigenvalue weighted by Crippen LogP contribution is -2.29. The van der Waals surface area contributed by atoms with Gasteiger partial charge in [-0.05, 0) is 38.1 Å². The summed E-state index contributed by atoms with van der Waals surface area (Å²) in [6, 6.07) is 9.12. The predicted molar refractivity (Wildman–Crippen MR) is 89.8 cm³/mol. The predicted octanol–water partition coefficient (Wildman–Crippen LogP) is 3.08. The van der Waals surface area contributed by atoms with Crippen molar-refractivity contribution in [2.24, 2.45) is 0 Å². The molecule has 130 valence electrons. The first kappa shape index (κ1) is 17.9. The molecular weight excluding hydrogens is 328 g/mol. The van der Waals surface area contributed by atoms with Gasteiger partial charge in [-0.15, -0.1) is 0 Å². The first-order chi connectivity index (χ1) is 11.9. The molecule has 0 aliphatic rings. The van der Waals surface area contributed by atoms with Crippen LogP contribution in [0.1, 0.15) is 18.4 Å². The van der Waals surface area contributed by atoms with E-state index in [0.29, 0.717) is 11.5 Å². The zero-order valence-electron chi connectivity index (χ0n) is 13.6. The molecule has 0 radical (unpaired) electrons. The smallest absolute Gasteiger partial charge is 0.331 e. The van der Waals surface area contributed by atoms with Crippen molar-refractivity contribution >= 4 is 29.3 Å². The SMILES string of the molecule is Cc1ccc(/C=C/C(=O)O[C@H](C)C(=O)Nc2ccccc2[N+](=O)[O-])o1. The topological polar surface area (TPSA) is 112 Å². The lowest BCUT2D eigenvalue weighted by molar-refractivity contribution is -0.383. The van der Waals surface area contributed by atoms with Gasteiger partial charge in [0.1, 0.15) is 17.2 Å². The van der Waals surface area contributed by atoms with E-state index in [4.69, 9.17) is 9.15 Å². The van der Waals surface area contributed by atoms with Gasteiger partial charge in [0.05, 0.1) is 4.92 Å². The van der Waals surface area contributed by atoms with Gasteiger partial charge in [-0.1, -0.05) is 12.1 Å². The van der Waals surface area contributed by atoms with E-state index in [9.17, 15) is 19.7 Å². The molecule has 1 N–H and O–H groups in total. The lowest BCUT2D eigenvalue weighted by Gasteiger charge is -2.12. The number of esters is 1. The minimum absolute atomic E-state index is 0.0296. The van der Waals surface area contributed by atoms with Gasteiger partial charge in [0.25, 0.3) is 11.6 Å². The summed E-state index contributed by atoms with van der Waals surface area (Å²) in [5.41, 5.74) is -0.218. The summed E-state index contributed by atoms with van der Waals surface area (Å²) in [7, 11) is 0. The first-order valence-electron chi connectivity index (χ1n) is 7.36. The highest BCUT2D eigenvalue weighted by atomic mass is 16.6. The van der Waals surface area contributed by atoms with E-state index in [-0.39, 0.29) is 11.4 Å². The highest BCUT2D eigenvalue weighted by Crippen LogP contribution is 2.23. The average molecular weight is 344 g/mol. The quantitative estimate of drug-likeness (QED) is 0.373. The van der Waals surface area contributed by atoms with Gasteiger partial charge in [-0.25, -0.2) is 4.79 Å². The molecule has 1 aromatic heterocycles. The van der Waals surface area contributed by atoms with Crippen LogP contribution in [0.5, 0.6) is 0 Å². The Balaban J connectivity index is 1.95. The number of para-hydroxylation sites is 2. The minimum atomic E-state index is -1.13. The fraction of sp³-hybridized carbons (Fsp3) is 0.176.